The van der Waals surface area contributed by atoms with Crippen molar-refractivity contribution in [2.45, 2.75) is 34.1 Å². The Morgan fingerprint density at radius 1 is 1.00 bits per heavy atom. The smallest absolute Gasteiger partial charge is 0.152 e. The topological polar surface area (TPSA) is 47.0 Å². The van der Waals surface area contributed by atoms with E-state index in [1.807, 2.05) is 24.3 Å². The molecule has 0 amide bonds. The van der Waals surface area contributed by atoms with Crippen LogP contribution >= 0.6 is 0 Å². The highest BCUT2D eigenvalue weighted by Gasteiger charge is 2.44. The van der Waals surface area contributed by atoms with Crippen LogP contribution in [-0.2, 0) is 4.79 Å². The lowest BCUT2D eigenvalue weighted by molar-refractivity contribution is -0.105. The zero-order valence-electron chi connectivity index (χ0n) is 14.0. The Morgan fingerprint density at radius 3 is 2.39 bits per heavy atom. The molecule has 23 heavy (non-hydrogen) atoms. The highest BCUT2D eigenvalue weighted by Crippen LogP contribution is 2.56. The molecule has 0 saturated heterocycles. The first-order chi connectivity index (χ1) is 10.8. The maximum Gasteiger partial charge on any atom is 0.152 e. The van der Waals surface area contributed by atoms with Crippen LogP contribution in [0.15, 0.2) is 36.0 Å². The molecule has 0 atom stereocenters. The third-order valence-corrected chi connectivity index (χ3v) is 4.88. The standard InChI is InChI=1S/C20H21NO2/c1-19(2)12-20(3,4)17(16(19)11-23)14-8-7-13-6-5-9-21-18(13)15(14)10-22/h5-11H,12H2,1-4H3. The molecule has 1 aromatic carbocycles. The second kappa shape index (κ2) is 5.12. The lowest BCUT2D eigenvalue weighted by Crippen LogP contribution is -2.15. The van der Waals surface area contributed by atoms with Gasteiger partial charge in [0.1, 0.15) is 6.29 Å². The van der Waals surface area contributed by atoms with E-state index in [4.69, 9.17) is 0 Å². The molecule has 0 aliphatic heterocycles. The number of hydrogen-bond donors (Lipinski definition) is 0. The summed E-state index contributed by atoms with van der Waals surface area (Å²) >= 11 is 0. The van der Waals surface area contributed by atoms with Gasteiger partial charge in [0.2, 0.25) is 0 Å². The first-order valence-electron chi connectivity index (χ1n) is 7.85. The number of pyridine rings is 1. The third kappa shape index (κ3) is 2.31. The van der Waals surface area contributed by atoms with Crippen molar-refractivity contribution in [3.63, 3.8) is 0 Å². The molecule has 1 aromatic heterocycles. The molecule has 3 rings (SSSR count). The molecule has 0 bridgehead atoms. The predicted octanol–water partition coefficient (Wildman–Crippen LogP) is 4.46. The average molecular weight is 307 g/mol. The molecule has 3 heteroatoms. The summed E-state index contributed by atoms with van der Waals surface area (Å²) in [6.07, 6.45) is 4.39. The normalized spacial score (nSPS) is 19.1. The van der Waals surface area contributed by atoms with Crippen LogP contribution in [0, 0.1) is 10.8 Å². The lowest BCUT2D eigenvalue weighted by atomic mass is 9.78. The van der Waals surface area contributed by atoms with Crippen LogP contribution in [0.3, 0.4) is 0 Å². The fourth-order valence-corrected chi connectivity index (χ4v) is 4.22. The van der Waals surface area contributed by atoms with E-state index in [1.165, 1.54) is 0 Å². The van der Waals surface area contributed by atoms with Crippen LogP contribution in [-0.4, -0.2) is 17.6 Å². The van der Waals surface area contributed by atoms with Gasteiger partial charge in [0.05, 0.1) is 5.52 Å². The number of rotatable bonds is 3. The minimum Gasteiger partial charge on any atom is -0.298 e. The molecule has 0 spiro atoms. The van der Waals surface area contributed by atoms with Crippen molar-refractivity contribution in [1.29, 1.82) is 0 Å². The molecule has 2 aromatic rings. The molecule has 3 nitrogen and oxygen atoms in total. The highest BCUT2D eigenvalue weighted by molar-refractivity contribution is 6.04. The van der Waals surface area contributed by atoms with E-state index in [0.29, 0.717) is 11.1 Å². The lowest BCUT2D eigenvalue weighted by Gasteiger charge is -2.26. The number of benzene rings is 1. The van der Waals surface area contributed by atoms with Crippen molar-refractivity contribution >= 4 is 29.0 Å². The number of carbonyl (C=O) groups is 2. The zero-order chi connectivity index (χ0) is 16.8. The number of carbonyl (C=O) groups excluding carboxylic acids is 2. The van der Waals surface area contributed by atoms with Crippen molar-refractivity contribution in [1.82, 2.24) is 4.98 Å². The van der Waals surface area contributed by atoms with E-state index in [-0.39, 0.29) is 10.8 Å². The molecule has 0 unspecified atom stereocenters. The van der Waals surface area contributed by atoms with Crippen LogP contribution in [0.1, 0.15) is 50.0 Å². The van der Waals surface area contributed by atoms with Crippen molar-refractivity contribution in [2.24, 2.45) is 10.8 Å². The van der Waals surface area contributed by atoms with Crippen molar-refractivity contribution in [2.75, 3.05) is 0 Å². The van der Waals surface area contributed by atoms with Crippen molar-refractivity contribution in [3.8, 4) is 0 Å². The monoisotopic (exact) mass is 307 g/mol. The first kappa shape index (κ1) is 15.6. The Morgan fingerprint density at radius 2 is 1.74 bits per heavy atom. The van der Waals surface area contributed by atoms with Crippen LogP contribution in [0.2, 0.25) is 0 Å². The second-order valence-electron chi connectivity index (χ2n) is 7.57. The molecule has 1 aliphatic rings. The van der Waals surface area contributed by atoms with Crippen LogP contribution in [0.5, 0.6) is 0 Å². The first-order valence-corrected chi connectivity index (χ1v) is 7.85. The summed E-state index contributed by atoms with van der Waals surface area (Å²) in [5.74, 6) is 0. The Labute approximate surface area is 136 Å². The van der Waals surface area contributed by atoms with E-state index in [2.05, 4.69) is 32.7 Å². The SMILES string of the molecule is CC1(C)CC(C)(C)C(c2ccc3cccnc3c2C=O)=C1C=O. The average Bonchev–Trinajstić information content (AvgIpc) is 2.69. The second-order valence-corrected chi connectivity index (χ2v) is 7.57. The zero-order valence-corrected chi connectivity index (χ0v) is 14.0. The van der Waals surface area contributed by atoms with Gasteiger partial charge in [0, 0.05) is 22.7 Å². The Hall–Kier alpha value is -2.29. The van der Waals surface area contributed by atoms with Gasteiger partial charge in [-0.05, 0) is 34.5 Å². The van der Waals surface area contributed by atoms with Gasteiger partial charge >= 0.3 is 0 Å². The largest absolute Gasteiger partial charge is 0.298 e. The number of hydrogen-bond acceptors (Lipinski definition) is 3. The number of fused-ring (bicyclic) bond motifs is 1. The molecule has 1 aliphatic carbocycles. The van der Waals surface area contributed by atoms with Gasteiger partial charge in [0.15, 0.2) is 6.29 Å². The maximum atomic E-state index is 11.8. The number of aromatic nitrogens is 1. The minimum atomic E-state index is -0.195. The molecule has 118 valence electrons. The Kier molecular flexibility index (Phi) is 3.47. The van der Waals surface area contributed by atoms with Crippen LogP contribution < -0.4 is 0 Å². The van der Waals surface area contributed by atoms with Crippen molar-refractivity contribution < 1.29 is 9.59 Å². The van der Waals surface area contributed by atoms with Crippen molar-refractivity contribution in [3.05, 3.63) is 47.2 Å². The van der Waals surface area contributed by atoms with E-state index in [1.54, 1.807) is 6.20 Å². The fourth-order valence-electron chi connectivity index (χ4n) is 4.22. The molecular formula is C20H21NO2. The summed E-state index contributed by atoms with van der Waals surface area (Å²) in [5.41, 5.74) is 3.51. The summed E-state index contributed by atoms with van der Waals surface area (Å²) in [4.78, 5) is 28.0. The highest BCUT2D eigenvalue weighted by atomic mass is 16.1. The van der Waals surface area contributed by atoms with Gasteiger partial charge in [-0.2, -0.15) is 0 Å². The van der Waals surface area contributed by atoms with Gasteiger partial charge in [-0.15, -0.1) is 0 Å². The Balaban J connectivity index is 2.39. The fraction of sp³-hybridized carbons (Fsp3) is 0.350. The minimum absolute atomic E-state index is 0.167. The van der Waals surface area contributed by atoms with E-state index < -0.39 is 0 Å². The number of allylic oxidation sites excluding steroid dienone is 2. The maximum absolute atomic E-state index is 11.8. The Bertz CT molecular complexity index is 844. The van der Waals surface area contributed by atoms with Gasteiger partial charge in [-0.1, -0.05) is 45.9 Å². The summed E-state index contributed by atoms with van der Waals surface area (Å²) in [6, 6.07) is 7.73. The molecular weight excluding hydrogens is 286 g/mol. The molecule has 0 N–H and O–H groups in total. The summed E-state index contributed by atoms with van der Waals surface area (Å²) in [6.45, 7) is 8.45. The van der Waals surface area contributed by atoms with Gasteiger partial charge in [0.25, 0.3) is 0 Å². The van der Waals surface area contributed by atoms with Crippen LogP contribution in [0.4, 0.5) is 0 Å². The number of nitrogens with zero attached hydrogens (tertiary/aromatic N) is 1. The molecule has 0 radical (unpaired) electrons. The van der Waals surface area contributed by atoms with E-state index in [0.717, 1.165) is 41.1 Å². The third-order valence-electron chi connectivity index (χ3n) is 4.88. The quantitative estimate of drug-likeness (QED) is 0.787. The molecule has 0 saturated carbocycles. The molecule has 0 fully saturated rings. The van der Waals surface area contributed by atoms with E-state index >= 15 is 0 Å². The molecule has 1 heterocycles. The summed E-state index contributed by atoms with van der Waals surface area (Å²) in [5, 5.41) is 0.932. The van der Waals surface area contributed by atoms with Gasteiger partial charge in [-0.3, -0.25) is 14.6 Å². The number of aldehydes is 2. The summed E-state index contributed by atoms with van der Waals surface area (Å²) < 4.78 is 0. The predicted molar refractivity (Wildman–Crippen MR) is 92.3 cm³/mol. The van der Waals surface area contributed by atoms with Gasteiger partial charge in [-0.25, -0.2) is 0 Å². The van der Waals surface area contributed by atoms with Gasteiger partial charge < -0.3 is 0 Å². The summed E-state index contributed by atoms with van der Waals surface area (Å²) in [7, 11) is 0. The van der Waals surface area contributed by atoms with Crippen LogP contribution in [0.25, 0.3) is 16.5 Å². The van der Waals surface area contributed by atoms with E-state index in [9.17, 15) is 9.59 Å².